The Kier molecular flexibility index (Phi) is 5.19. The zero-order chi connectivity index (χ0) is 13.0. The summed E-state index contributed by atoms with van der Waals surface area (Å²) in [6, 6.07) is 0. The Labute approximate surface area is 104 Å². The Balaban J connectivity index is 2.63. The molecule has 0 saturated carbocycles. The third kappa shape index (κ3) is 3.56. The molecule has 1 aliphatic rings. The van der Waals surface area contributed by atoms with Crippen molar-refractivity contribution < 1.29 is 14.3 Å². The molecule has 2 unspecified atom stereocenters. The Morgan fingerprint density at radius 2 is 1.82 bits per heavy atom. The van der Waals surface area contributed by atoms with Gasteiger partial charge in [-0.15, -0.1) is 6.58 Å². The van der Waals surface area contributed by atoms with E-state index in [1.807, 2.05) is 6.08 Å². The van der Waals surface area contributed by atoms with Crippen molar-refractivity contribution >= 4 is 5.97 Å². The molecule has 3 heteroatoms. The fourth-order valence-corrected chi connectivity index (χ4v) is 2.45. The predicted molar refractivity (Wildman–Crippen MR) is 67.6 cm³/mol. The van der Waals surface area contributed by atoms with Crippen molar-refractivity contribution in [2.24, 2.45) is 17.8 Å². The van der Waals surface area contributed by atoms with Gasteiger partial charge in [-0.2, -0.15) is 0 Å². The molecule has 0 N–H and O–H groups in total. The molecule has 1 heterocycles. The van der Waals surface area contributed by atoms with Gasteiger partial charge in [0.1, 0.15) is 6.61 Å². The SMILES string of the molecule is C=CC[C@H]1OC(COC(C)=O)[C@@H](C)[C@H](C)C1C. The first-order valence-corrected chi connectivity index (χ1v) is 6.37. The molecular formula is C14H24O3. The van der Waals surface area contributed by atoms with E-state index in [9.17, 15) is 4.79 Å². The van der Waals surface area contributed by atoms with Gasteiger partial charge in [-0.25, -0.2) is 0 Å². The van der Waals surface area contributed by atoms with Gasteiger partial charge in [0.05, 0.1) is 12.2 Å². The van der Waals surface area contributed by atoms with E-state index in [2.05, 4.69) is 27.4 Å². The molecule has 0 amide bonds. The molecule has 1 fully saturated rings. The molecule has 0 aromatic heterocycles. The Bertz CT molecular complexity index is 275. The molecule has 0 aromatic rings. The highest BCUT2D eigenvalue weighted by Gasteiger charge is 2.38. The molecule has 17 heavy (non-hydrogen) atoms. The summed E-state index contributed by atoms with van der Waals surface area (Å²) in [5.74, 6) is 1.24. The van der Waals surface area contributed by atoms with Crippen LogP contribution in [0.5, 0.6) is 0 Å². The monoisotopic (exact) mass is 240 g/mol. The summed E-state index contributed by atoms with van der Waals surface area (Å²) >= 11 is 0. The van der Waals surface area contributed by atoms with Crippen molar-refractivity contribution in [2.75, 3.05) is 6.61 Å². The van der Waals surface area contributed by atoms with E-state index in [0.29, 0.717) is 24.4 Å². The van der Waals surface area contributed by atoms with Gasteiger partial charge in [0, 0.05) is 6.92 Å². The zero-order valence-electron chi connectivity index (χ0n) is 11.3. The predicted octanol–water partition coefficient (Wildman–Crippen LogP) is 2.80. The first kappa shape index (κ1) is 14.2. The molecule has 1 aliphatic heterocycles. The minimum atomic E-state index is -0.243. The summed E-state index contributed by atoms with van der Waals surface area (Å²) < 4.78 is 11.1. The van der Waals surface area contributed by atoms with Crippen molar-refractivity contribution in [3.8, 4) is 0 Å². The van der Waals surface area contributed by atoms with Crippen LogP contribution in [-0.4, -0.2) is 24.8 Å². The first-order chi connectivity index (χ1) is 7.97. The van der Waals surface area contributed by atoms with Gasteiger partial charge in [0.15, 0.2) is 0 Å². The molecule has 0 radical (unpaired) electrons. The fraction of sp³-hybridized carbons (Fsp3) is 0.786. The largest absolute Gasteiger partial charge is 0.463 e. The second-order valence-electron chi connectivity index (χ2n) is 5.12. The van der Waals surface area contributed by atoms with Crippen molar-refractivity contribution in [1.29, 1.82) is 0 Å². The molecule has 0 aliphatic carbocycles. The maximum absolute atomic E-state index is 10.9. The number of hydrogen-bond acceptors (Lipinski definition) is 3. The lowest BCUT2D eigenvalue weighted by atomic mass is 9.76. The lowest BCUT2D eigenvalue weighted by Gasteiger charge is -2.43. The van der Waals surface area contributed by atoms with Gasteiger partial charge < -0.3 is 9.47 Å². The molecule has 0 bridgehead atoms. The topological polar surface area (TPSA) is 35.5 Å². The standard InChI is InChI=1S/C14H24O3/c1-6-7-13-10(3)9(2)11(4)14(17-13)8-16-12(5)15/h6,9-11,13-14H,1,7-8H2,2-5H3/t9-,10?,11+,13-,14?/m1/s1. The average Bonchev–Trinajstić information content (AvgIpc) is 2.28. The van der Waals surface area contributed by atoms with Crippen LogP contribution < -0.4 is 0 Å². The minimum absolute atomic E-state index is 0.00931. The van der Waals surface area contributed by atoms with E-state index in [1.165, 1.54) is 6.92 Å². The van der Waals surface area contributed by atoms with Gasteiger partial charge in [-0.05, 0) is 24.2 Å². The zero-order valence-corrected chi connectivity index (χ0v) is 11.3. The van der Waals surface area contributed by atoms with Crippen molar-refractivity contribution in [3.63, 3.8) is 0 Å². The Morgan fingerprint density at radius 3 is 2.35 bits per heavy atom. The van der Waals surface area contributed by atoms with E-state index in [0.717, 1.165) is 6.42 Å². The molecule has 1 saturated heterocycles. The van der Waals surface area contributed by atoms with Crippen LogP contribution in [0.2, 0.25) is 0 Å². The number of ether oxygens (including phenoxy) is 2. The Morgan fingerprint density at radius 1 is 1.24 bits per heavy atom. The molecular weight excluding hydrogens is 216 g/mol. The van der Waals surface area contributed by atoms with Crippen LogP contribution in [0.3, 0.4) is 0 Å². The third-order valence-corrected chi connectivity index (χ3v) is 4.03. The van der Waals surface area contributed by atoms with Crippen LogP contribution in [0.15, 0.2) is 12.7 Å². The lowest BCUT2D eigenvalue weighted by molar-refractivity contribution is -0.167. The molecule has 98 valence electrons. The van der Waals surface area contributed by atoms with E-state index in [-0.39, 0.29) is 18.2 Å². The lowest BCUT2D eigenvalue weighted by Crippen LogP contribution is -2.46. The van der Waals surface area contributed by atoms with Crippen LogP contribution in [0.1, 0.15) is 34.1 Å². The molecule has 5 atom stereocenters. The van der Waals surface area contributed by atoms with Crippen LogP contribution in [0, 0.1) is 17.8 Å². The van der Waals surface area contributed by atoms with Gasteiger partial charge in [-0.3, -0.25) is 4.79 Å². The van der Waals surface area contributed by atoms with Crippen LogP contribution in [0.25, 0.3) is 0 Å². The molecule has 1 rings (SSSR count). The summed E-state index contributed by atoms with van der Waals surface area (Å²) in [6.45, 7) is 12.2. The number of rotatable bonds is 4. The summed E-state index contributed by atoms with van der Waals surface area (Å²) in [5, 5.41) is 0. The smallest absolute Gasteiger partial charge is 0.302 e. The van der Waals surface area contributed by atoms with Crippen LogP contribution >= 0.6 is 0 Å². The van der Waals surface area contributed by atoms with Crippen LogP contribution in [-0.2, 0) is 14.3 Å². The highest BCUT2D eigenvalue weighted by Crippen LogP contribution is 2.36. The van der Waals surface area contributed by atoms with E-state index < -0.39 is 0 Å². The number of carbonyl (C=O) groups excluding carboxylic acids is 1. The van der Waals surface area contributed by atoms with Crippen LogP contribution in [0.4, 0.5) is 0 Å². The Hall–Kier alpha value is -0.830. The second-order valence-corrected chi connectivity index (χ2v) is 5.12. The second kappa shape index (κ2) is 6.20. The number of esters is 1. The third-order valence-electron chi connectivity index (χ3n) is 4.03. The van der Waals surface area contributed by atoms with E-state index >= 15 is 0 Å². The summed E-state index contributed by atoms with van der Waals surface area (Å²) in [7, 11) is 0. The van der Waals surface area contributed by atoms with Gasteiger partial charge in [-0.1, -0.05) is 26.8 Å². The molecule has 0 aromatic carbocycles. The summed E-state index contributed by atoms with van der Waals surface area (Å²) in [6.07, 6.45) is 2.95. The van der Waals surface area contributed by atoms with E-state index in [4.69, 9.17) is 9.47 Å². The highest BCUT2D eigenvalue weighted by atomic mass is 16.6. The number of hydrogen-bond donors (Lipinski definition) is 0. The maximum atomic E-state index is 10.9. The van der Waals surface area contributed by atoms with Crippen molar-refractivity contribution in [1.82, 2.24) is 0 Å². The average molecular weight is 240 g/mol. The van der Waals surface area contributed by atoms with E-state index in [1.54, 1.807) is 0 Å². The quantitative estimate of drug-likeness (QED) is 0.560. The van der Waals surface area contributed by atoms with Gasteiger partial charge >= 0.3 is 5.97 Å². The highest BCUT2D eigenvalue weighted by molar-refractivity contribution is 5.65. The van der Waals surface area contributed by atoms with Crippen molar-refractivity contribution in [2.45, 2.75) is 46.3 Å². The normalized spacial score (nSPS) is 37.5. The summed E-state index contributed by atoms with van der Waals surface area (Å²) in [5.41, 5.74) is 0. The maximum Gasteiger partial charge on any atom is 0.302 e. The summed E-state index contributed by atoms with van der Waals surface area (Å²) in [4.78, 5) is 10.9. The number of carbonyl (C=O) groups is 1. The van der Waals surface area contributed by atoms with Gasteiger partial charge in [0.2, 0.25) is 0 Å². The minimum Gasteiger partial charge on any atom is -0.463 e. The van der Waals surface area contributed by atoms with Crippen molar-refractivity contribution in [3.05, 3.63) is 12.7 Å². The first-order valence-electron chi connectivity index (χ1n) is 6.37. The fourth-order valence-electron chi connectivity index (χ4n) is 2.45. The molecule has 3 nitrogen and oxygen atoms in total. The van der Waals surface area contributed by atoms with Gasteiger partial charge in [0.25, 0.3) is 0 Å². The molecule has 0 spiro atoms.